The van der Waals surface area contributed by atoms with Crippen molar-refractivity contribution in [1.82, 2.24) is 14.8 Å². The maximum absolute atomic E-state index is 12.8. The minimum Gasteiger partial charge on any atom is -0.497 e. The van der Waals surface area contributed by atoms with Crippen molar-refractivity contribution < 1.29 is 22.7 Å². The average Bonchev–Trinajstić information content (AvgIpc) is 3.30. The van der Waals surface area contributed by atoms with Crippen LogP contribution in [-0.4, -0.2) is 41.4 Å². The Morgan fingerprint density at radius 1 is 1.00 bits per heavy atom. The van der Waals surface area contributed by atoms with E-state index in [9.17, 15) is 13.2 Å². The van der Waals surface area contributed by atoms with Gasteiger partial charge >= 0.3 is 0 Å². The van der Waals surface area contributed by atoms with Crippen LogP contribution in [0.15, 0.2) is 88.9 Å². The molecule has 0 fully saturated rings. The molecule has 10 nitrogen and oxygen atoms in total. The maximum Gasteiger partial charge on any atom is 0.238 e. The number of nitrogens with two attached hydrogens (primary N) is 1. The SMILES string of the molecule is COc1ccc(OCc2nnc(SC(C)C(=O)Nc3ccc(S(N)(=O)=O)cc3)n2-c2ccccc2)cc1. The Balaban J connectivity index is 1.49. The van der Waals surface area contributed by atoms with Gasteiger partial charge in [-0.1, -0.05) is 30.0 Å². The third kappa shape index (κ3) is 6.67. The molecular weight excluding hydrogens is 514 g/mol. The summed E-state index contributed by atoms with van der Waals surface area (Å²) in [5.41, 5.74) is 1.28. The van der Waals surface area contributed by atoms with E-state index in [-0.39, 0.29) is 17.4 Å². The second-order valence-corrected chi connectivity index (χ2v) is 10.7. The van der Waals surface area contributed by atoms with Crippen LogP contribution >= 0.6 is 11.8 Å². The predicted octanol–water partition coefficient (Wildman–Crippen LogP) is 3.62. The van der Waals surface area contributed by atoms with Crippen molar-refractivity contribution in [2.75, 3.05) is 12.4 Å². The number of amides is 1. The van der Waals surface area contributed by atoms with Gasteiger partial charge in [-0.2, -0.15) is 0 Å². The Morgan fingerprint density at radius 2 is 1.65 bits per heavy atom. The first-order valence-corrected chi connectivity index (χ1v) is 13.5. The lowest BCUT2D eigenvalue weighted by Crippen LogP contribution is -2.23. The molecule has 0 aliphatic carbocycles. The zero-order valence-electron chi connectivity index (χ0n) is 20.1. The van der Waals surface area contributed by atoms with E-state index in [0.29, 0.717) is 22.4 Å². The molecule has 0 aliphatic heterocycles. The lowest BCUT2D eigenvalue weighted by atomic mass is 10.3. The summed E-state index contributed by atoms with van der Waals surface area (Å²) >= 11 is 1.24. The van der Waals surface area contributed by atoms with Gasteiger partial charge in [-0.3, -0.25) is 9.36 Å². The highest BCUT2D eigenvalue weighted by molar-refractivity contribution is 8.00. The molecule has 1 unspecified atom stereocenters. The Morgan fingerprint density at radius 3 is 2.27 bits per heavy atom. The molecule has 37 heavy (non-hydrogen) atoms. The molecule has 1 aromatic heterocycles. The molecule has 0 saturated heterocycles. The summed E-state index contributed by atoms with van der Waals surface area (Å²) in [6.07, 6.45) is 0. The third-order valence-corrected chi connectivity index (χ3v) is 7.22. The number of anilines is 1. The molecule has 4 rings (SSSR count). The van der Waals surface area contributed by atoms with Crippen molar-refractivity contribution in [1.29, 1.82) is 0 Å². The van der Waals surface area contributed by atoms with Gasteiger partial charge in [0.15, 0.2) is 11.0 Å². The number of ether oxygens (including phenoxy) is 2. The summed E-state index contributed by atoms with van der Waals surface area (Å²) in [6.45, 7) is 1.90. The van der Waals surface area contributed by atoms with Crippen LogP contribution in [0, 0.1) is 0 Å². The lowest BCUT2D eigenvalue weighted by Gasteiger charge is -2.14. The van der Waals surface area contributed by atoms with Gasteiger partial charge < -0.3 is 14.8 Å². The first-order valence-electron chi connectivity index (χ1n) is 11.1. The summed E-state index contributed by atoms with van der Waals surface area (Å²) in [5, 5.41) is 16.5. The van der Waals surface area contributed by atoms with Crippen LogP contribution in [0.25, 0.3) is 5.69 Å². The van der Waals surface area contributed by atoms with E-state index >= 15 is 0 Å². The summed E-state index contributed by atoms with van der Waals surface area (Å²) in [7, 11) is -2.21. The smallest absolute Gasteiger partial charge is 0.238 e. The van der Waals surface area contributed by atoms with Crippen molar-refractivity contribution in [3.63, 3.8) is 0 Å². The molecule has 3 N–H and O–H groups in total. The Labute approximate surface area is 218 Å². The number of carbonyl (C=O) groups is 1. The molecule has 0 aliphatic rings. The molecule has 1 amide bonds. The molecule has 12 heteroatoms. The van der Waals surface area contributed by atoms with Crippen molar-refractivity contribution in [3.8, 4) is 17.2 Å². The van der Waals surface area contributed by atoms with Gasteiger partial charge in [-0.25, -0.2) is 13.6 Å². The zero-order valence-corrected chi connectivity index (χ0v) is 21.7. The molecular formula is C25H25N5O5S2. The number of hydrogen-bond acceptors (Lipinski definition) is 8. The number of aromatic nitrogens is 3. The van der Waals surface area contributed by atoms with Crippen LogP contribution in [0.5, 0.6) is 11.5 Å². The molecule has 0 saturated carbocycles. The monoisotopic (exact) mass is 539 g/mol. The van der Waals surface area contributed by atoms with Crippen LogP contribution in [0.1, 0.15) is 12.7 Å². The second-order valence-electron chi connectivity index (χ2n) is 7.85. The van der Waals surface area contributed by atoms with Crippen LogP contribution < -0.4 is 19.9 Å². The first kappa shape index (κ1) is 26.2. The van der Waals surface area contributed by atoms with Crippen molar-refractivity contribution in [3.05, 3.63) is 84.7 Å². The number of sulfonamides is 1. The number of primary sulfonamides is 1. The van der Waals surface area contributed by atoms with E-state index in [1.807, 2.05) is 34.9 Å². The van der Waals surface area contributed by atoms with Crippen molar-refractivity contribution in [2.45, 2.75) is 28.8 Å². The highest BCUT2D eigenvalue weighted by atomic mass is 32.2. The number of carbonyl (C=O) groups excluding carboxylic acids is 1. The summed E-state index contributed by atoms with van der Waals surface area (Å²) in [4.78, 5) is 12.8. The van der Waals surface area contributed by atoms with E-state index in [1.165, 1.54) is 36.0 Å². The quantitative estimate of drug-likeness (QED) is 0.291. The normalized spacial score (nSPS) is 12.1. The number of rotatable bonds is 10. The fourth-order valence-electron chi connectivity index (χ4n) is 3.31. The molecule has 3 aromatic carbocycles. The van der Waals surface area contributed by atoms with Gasteiger partial charge in [0, 0.05) is 11.4 Å². The lowest BCUT2D eigenvalue weighted by molar-refractivity contribution is -0.115. The minimum atomic E-state index is -3.81. The Bertz CT molecular complexity index is 1460. The molecule has 0 radical (unpaired) electrons. The Kier molecular flexibility index (Phi) is 8.11. The largest absolute Gasteiger partial charge is 0.497 e. The summed E-state index contributed by atoms with van der Waals surface area (Å²) in [5.74, 6) is 1.66. The number of hydrogen-bond donors (Lipinski definition) is 2. The van der Waals surface area contributed by atoms with Gasteiger partial charge in [0.1, 0.15) is 18.1 Å². The molecule has 1 atom stereocenters. The molecule has 0 bridgehead atoms. The topological polar surface area (TPSA) is 138 Å². The zero-order chi connectivity index (χ0) is 26.4. The van der Waals surface area contributed by atoms with Gasteiger partial charge in [-0.05, 0) is 67.6 Å². The van der Waals surface area contributed by atoms with Crippen LogP contribution in [0.2, 0.25) is 0 Å². The van der Waals surface area contributed by atoms with Crippen LogP contribution in [0.4, 0.5) is 5.69 Å². The van der Waals surface area contributed by atoms with Crippen molar-refractivity contribution >= 4 is 33.4 Å². The summed E-state index contributed by atoms with van der Waals surface area (Å²) in [6, 6.07) is 22.4. The third-order valence-electron chi connectivity index (χ3n) is 5.24. The second kappa shape index (κ2) is 11.5. The number of nitrogens with one attached hydrogen (secondary N) is 1. The number of nitrogens with zero attached hydrogens (tertiary/aromatic N) is 3. The number of thioether (sulfide) groups is 1. The van der Waals surface area contributed by atoms with E-state index in [1.54, 1.807) is 38.3 Å². The van der Waals surface area contributed by atoms with E-state index in [2.05, 4.69) is 15.5 Å². The van der Waals surface area contributed by atoms with Gasteiger partial charge in [0.2, 0.25) is 15.9 Å². The average molecular weight is 540 g/mol. The number of para-hydroxylation sites is 1. The predicted molar refractivity (Wildman–Crippen MR) is 140 cm³/mol. The van der Waals surface area contributed by atoms with Crippen LogP contribution in [-0.2, 0) is 21.4 Å². The summed E-state index contributed by atoms with van der Waals surface area (Å²) < 4.78 is 35.8. The molecule has 192 valence electrons. The molecule has 4 aromatic rings. The maximum atomic E-state index is 12.8. The highest BCUT2D eigenvalue weighted by Crippen LogP contribution is 2.27. The van der Waals surface area contributed by atoms with Gasteiger partial charge in [0.05, 0.1) is 17.3 Å². The Hall–Kier alpha value is -3.87. The first-order chi connectivity index (χ1) is 17.7. The van der Waals surface area contributed by atoms with Crippen LogP contribution in [0.3, 0.4) is 0 Å². The standard InChI is InChI=1S/C25H25N5O5S2/c1-17(24(31)27-18-8-14-22(15-9-18)37(26,32)33)36-25-29-28-23(30(25)19-6-4-3-5-7-19)16-35-21-12-10-20(34-2)11-13-21/h3-15,17H,16H2,1-2H3,(H,27,31)(H2,26,32,33). The minimum absolute atomic E-state index is 0.0340. The van der Waals surface area contributed by atoms with Gasteiger partial charge in [-0.15, -0.1) is 10.2 Å². The number of benzene rings is 3. The number of methoxy groups -OCH3 is 1. The molecule has 0 spiro atoms. The molecule has 1 heterocycles. The van der Waals surface area contributed by atoms with Crippen molar-refractivity contribution in [2.24, 2.45) is 5.14 Å². The fraction of sp³-hybridized carbons (Fsp3) is 0.160. The van der Waals surface area contributed by atoms with Gasteiger partial charge in [0.25, 0.3) is 0 Å². The fourth-order valence-corrected chi connectivity index (χ4v) is 4.71. The van der Waals surface area contributed by atoms with E-state index < -0.39 is 15.3 Å². The van der Waals surface area contributed by atoms with E-state index in [0.717, 1.165) is 11.4 Å². The van der Waals surface area contributed by atoms with E-state index in [4.69, 9.17) is 14.6 Å². The highest BCUT2D eigenvalue weighted by Gasteiger charge is 2.22.